The normalized spacial score (nSPS) is 20.7. The summed E-state index contributed by atoms with van der Waals surface area (Å²) < 4.78 is 25.4. The molecular formula is C19H22N4O4S. The minimum atomic E-state index is -3.03. The van der Waals surface area contributed by atoms with Crippen LogP contribution in [0.5, 0.6) is 0 Å². The van der Waals surface area contributed by atoms with E-state index < -0.39 is 9.84 Å². The molecule has 2 aliphatic rings. The first-order valence-electron chi connectivity index (χ1n) is 9.29. The highest BCUT2D eigenvalue weighted by atomic mass is 32.2. The highest BCUT2D eigenvalue weighted by Gasteiger charge is 2.36. The molecule has 9 heteroatoms. The van der Waals surface area contributed by atoms with Gasteiger partial charge in [-0.1, -0.05) is 0 Å². The molecule has 0 spiro atoms. The molecule has 4 rings (SSSR count). The van der Waals surface area contributed by atoms with Gasteiger partial charge in [-0.05, 0) is 49.6 Å². The smallest absolute Gasteiger partial charge is 0.276 e. The van der Waals surface area contributed by atoms with Crippen molar-refractivity contribution in [3.8, 4) is 0 Å². The largest absolute Gasteiger partial charge is 0.326 e. The van der Waals surface area contributed by atoms with Gasteiger partial charge in [-0.3, -0.25) is 14.3 Å². The van der Waals surface area contributed by atoms with Gasteiger partial charge in [0.25, 0.3) is 5.91 Å². The molecule has 1 unspecified atom stereocenters. The van der Waals surface area contributed by atoms with Gasteiger partial charge in [-0.25, -0.2) is 8.42 Å². The Morgan fingerprint density at radius 3 is 2.25 bits per heavy atom. The average Bonchev–Trinajstić information content (AvgIpc) is 3.27. The maximum atomic E-state index is 12.7. The van der Waals surface area contributed by atoms with E-state index in [1.165, 1.54) is 6.92 Å². The third-order valence-corrected chi connectivity index (χ3v) is 6.76. The first-order valence-corrected chi connectivity index (χ1v) is 11.1. The van der Waals surface area contributed by atoms with E-state index in [1.54, 1.807) is 35.0 Å². The summed E-state index contributed by atoms with van der Waals surface area (Å²) in [6.45, 7) is 1.43. The van der Waals surface area contributed by atoms with Gasteiger partial charge in [0.05, 0.1) is 17.5 Å². The lowest BCUT2D eigenvalue weighted by Crippen LogP contribution is -2.17. The number of carbonyl (C=O) groups excluding carboxylic acids is 2. The second kappa shape index (κ2) is 7.05. The van der Waals surface area contributed by atoms with Crippen LogP contribution in [0.4, 0.5) is 11.4 Å². The summed E-state index contributed by atoms with van der Waals surface area (Å²) in [6.07, 6.45) is 2.61. The zero-order chi connectivity index (χ0) is 19.9. The van der Waals surface area contributed by atoms with Crippen LogP contribution in [0.15, 0.2) is 30.3 Å². The van der Waals surface area contributed by atoms with Crippen LogP contribution in [0.3, 0.4) is 0 Å². The van der Waals surface area contributed by atoms with Crippen molar-refractivity contribution < 1.29 is 18.0 Å². The summed E-state index contributed by atoms with van der Waals surface area (Å²) >= 11 is 0. The quantitative estimate of drug-likeness (QED) is 0.798. The molecule has 148 valence electrons. The highest BCUT2D eigenvalue weighted by molar-refractivity contribution is 7.91. The lowest BCUT2D eigenvalue weighted by atomic mass is 10.2. The molecule has 2 fully saturated rings. The molecule has 1 aliphatic heterocycles. The first-order chi connectivity index (χ1) is 13.3. The zero-order valence-electron chi connectivity index (χ0n) is 15.5. The lowest BCUT2D eigenvalue weighted by Gasteiger charge is -2.12. The Hall–Kier alpha value is -2.68. The van der Waals surface area contributed by atoms with Gasteiger partial charge in [-0.2, -0.15) is 5.10 Å². The number of anilines is 2. The Labute approximate surface area is 163 Å². The van der Waals surface area contributed by atoms with Crippen molar-refractivity contribution >= 4 is 33.0 Å². The van der Waals surface area contributed by atoms with Crippen molar-refractivity contribution in [3.05, 3.63) is 41.7 Å². The Morgan fingerprint density at radius 1 is 1.07 bits per heavy atom. The lowest BCUT2D eigenvalue weighted by molar-refractivity contribution is -0.114. The average molecular weight is 402 g/mol. The van der Waals surface area contributed by atoms with Gasteiger partial charge in [0.1, 0.15) is 0 Å². The SMILES string of the molecule is CC(=O)Nc1ccc(NC(=O)c2cc(C3CC3)n(C3CCS(=O)(=O)C3)n2)cc1. The third-order valence-electron chi connectivity index (χ3n) is 5.01. The highest BCUT2D eigenvalue weighted by Crippen LogP contribution is 2.42. The summed E-state index contributed by atoms with van der Waals surface area (Å²) in [4.78, 5) is 23.7. The van der Waals surface area contributed by atoms with Crippen LogP contribution in [0.2, 0.25) is 0 Å². The Balaban J connectivity index is 1.51. The standard InChI is InChI=1S/C19H22N4O4S/c1-12(24)20-14-4-6-15(7-5-14)21-19(25)17-10-18(13-2-3-13)23(22-17)16-8-9-28(26,27)11-16/h4-7,10,13,16H,2-3,8-9,11H2,1H3,(H,20,24)(H,21,25). The van der Waals surface area contributed by atoms with E-state index in [-0.39, 0.29) is 35.1 Å². The Bertz CT molecular complexity index is 1020. The molecule has 2 aromatic rings. The van der Waals surface area contributed by atoms with Crippen LogP contribution in [0, 0.1) is 0 Å². The van der Waals surface area contributed by atoms with E-state index in [0.29, 0.717) is 23.7 Å². The number of hydrogen-bond donors (Lipinski definition) is 2. The predicted molar refractivity (Wildman–Crippen MR) is 105 cm³/mol. The summed E-state index contributed by atoms with van der Waals surface area (Å²) in [7, 11) is -3.03. The summed E-state index contributed by atoms with van der Waals surface area (Å²) in [5.74, 6) is 0.107. The van der Waals surface area contributed by atoms with Gasteiger partial charge in [0.15, 0.2) is 15.5 Å². The molecule has 2 N–H and O–H groups in total. The number of sulfone groups is 1. The Kier molecular flexibility index (Phi) is 4.70. The molecule has 1 aliphatic carbocycles. The van der Waals surface area contributed by atoms with Crippen LogP contribution in [0.25, 0.3) is 0 Å². The first kappa shape index (κ1) is 18.7. The van der Waals surface area contributed by atoms with Crippen LogP contribution in [-0.2, 0) is 14.6 Å². The molecule has 1 saturated carbocycles. The monoisotopic (exact) mass is 402 g/mol. The van der Waals surface area contributed by atoms with Crippen molar-refractivity contribution in [1.29, 1.82) is 0 Å². The number of benzene rings is 1. The molecule has 2 heterocycles. The number of nitrogens with one attached hydrogen (secondary N) is 2. The van der Waals surface area contributed by atoms with Gasteiger partial charge >= 0.3 is 0 Å². The zero-order valence-corrected chi connectivity index (χ0v) is 16.3. The summed E-state index contributed by atoms with van der Waals surface area (Å²) in [5.41, 5.74) is 2.48. The van der Waals surface area contributed by atoms with Crippen LogP contribution < -0.4 is 10.6 Å². The van der Waals surface area contributed by atoms with Gasteiger partial charge in [0.2, 0.25) is 5.91 Å². The van der Waals surface area contributed by atoms with E-state index in [4.69, 9.17) is 0 Å². The molecule has 1 saturated heterocycles. The fraction of sp³-hybridized carbons (Fsp3) is 0.421. The molecule has 8 nitrogen and oxygen atoms in total. The number of hydrogen-bond acceptors (Lipinski definition) is 5. The fourth-order valence-corrected chi connectivity index (χ4v) is 5.19. The number of nitrogens with zero attached hydrogens (tertiary/aromatic N) is 2. The maximum Gasteiger partial charge on any atom is 0.276 e. The fourth-order valence-electron chi connectivity index (χ4n) is 3.50. The maximum absolute atomic E-state index is 12.7. The molecule has 2 amide bonds. The second-order valence-corrected chi connectivity index (χ2v) is 9.67. The van der Waals surface area contributed by atoms with Crippen molar-refractivity contribution in [1.82, 2.24) is 9.78 Å². The minimum Gasteiger partial charge on any atom is -0.326 e. The van der Waals surface area contributed by atoms with E-state index in [9.17, 15) is 18.0 Å². The van der Waals surface area contributed by atoms with E-state index in [2.05, 4.69) is 15.7 Å². The van der Waals surface area contributed by atoms with E-state index in [1.807, 2.05) is 0 Å². The van der Waals surface area contributed by atoms with Crippen LogP contribution in [-0.4, -0.2) is 41.5 Å². The van der Waals surface area contributed by atoms with Gasteiger partial charge < -0.3 is 10.6 Å². The van der Waals surface area contributed by atoms with Crippen LogP contribution >= 0.6 is 0 Å². The van der Waals surface area contributed by atoms with Gasteiger partial charge in [-0.15, -0.1) is 0 Å². The van der Waals surface area contributed by atoms with Crippen LogP contribution in [0.1, 0.15) is 54.3 Å². The number of carbonyl (C=O) groups is 2. The molecule has 1 aromatic heterocycles. The summed E-state index contributed by atoms with van der Waals surface area (Å²) in [5, 5.41) is 9.92. The summed E-state index contributed by atoms with van der Waals surface area (Å²) in [6, 6.07) is 8.39. The third kappa shape index (κ3) is 4.09. The van der Waals surface area contributed by atoms with E-state index in [0.717, 1.165) is 18.5 Å². The van der Waals surface area contributed by atoms with E-state index >= 15 is 0 Å². The molecule has 1 aromatic carbocycles. The molecule has 1 atom stereocenters. The minimum absolute atomic E-state index is 0.0834. The predicted octanol–water partition coefficient (Wildman–Crippen LogP) is 2.33. The van der Waals surface area contributed by atoms with Crippen molar-refractivity contribution in [2.45, 2.75) is 38.1 Å². The van der Waals surface area contributed by atoms with Crippen molar-refractivity contribution in [2.24, 2.45) is 0 Å². The molecule has 28 heavy (non-hydrogen) atoms. The van der Waals surface area contributed by atoms with Gasteiger partial charge in [0, 0.05) is 29.9 Å². The molecular weight excluding hydrogens is 380 g/mol. The van der Waals surface area contributed by atoms with Crippen molar-refractivity contribution in [2.75, 3.05) is 22.1 Å². The number of aromatic nitrogens is 2. The second-order valence-electron chi connectivity index (χ2n) is 7.44. The number of amides is 2. The number of rotatable bonds is 5. The molecule has 0 bridgehead atoms. The topological polar surface area (TPSA) is 110 Å². The molecule has 0 radical (unpaired) electrons. The van der Waals surface area contributed by atoms with Crippen molar-refractivity contribution in [3.63, 3.8) is 0 Å². The Morgan fingerprint density at radius 2 is 1.71 bits per heavy atom.